The number of ether oxygens (including phenoxy) is 2. The van der Waals surface area contributed by atoms with Crippen molar-refractivity contribution in [2.45, 2.75) is 81.9 Å². The summed E-state index contributed by atoms with van der Waals surface area (Å²) in [5, 5.41) is 0. The van der Waals surface area contributed by atoms with E-state index in [9.17, 15) is 27.2 Å². The fraction of sp³-hybridized carbons (Fsp3) is 0.548. The van der Waals surface area contributed by atoms with Crippen molar-refractivity contribution in [2.24, 2.45) is 0 Å². The molecule has 0 saturated carbocycles. The Balaban J connectivity index is 1.66. The zero-order valence-corrected chi connectivity index (χ0v) is 26.2. The van der Waals surface area contributed by atoms with Crippen LogP contribution in [0.15, 0.2) is 29.2 Å². The average molecular weight is 642 g/mol. The lowest BCUT2D eigenvalue weighted by atomic mass is 9.86. The number of hydrogen-bond acceptors (Lipinski definition) is 6. The monoisotopic (exact) mass is 641 g/mol. The van der Waals surface area contributed by atoms with Crippen molar-refractivity contribution >= 4 is 29.4 Å². The summed E-state index contributed by atoms with van der Waals surface area (Å²) in [6.45, 7) is 9.73. The van der Waals surface area contributed by atoms with Crippen molar-refractivity contribution in [3.05, 3.63) is 47.0 Å². The molecule has 0 spiro atoms. The lowest BCUT2D eigenvalue weighted by Gasteiger charge is -2.50. The number of benzene rings is 2. The molecule has 240 valence electrons. The van der Waals surface area contributed by atoms with Crippen LogP contribution in [-0.2, 0) is 20.4 Å². The standard InChI is InChI=1S/C31H36F5N3O4S/c1-16-12-37(13-17(2)38(16)29(41)43-30(3,4)5)24-11-25(40)39-19(14-42-6)15-44-28-26(20-8-7-18(32)9-23(20)33)22(31(34,35)36)10-21(24)27(28)39/h7-10,16-17,19,24H,11-15H2,1-6H3/t16-,17+,19-,24?/m0/s1. The highest BCUT2D eigenvalue weighted by Gasteiger charge is 2.48. The molecular weight excluding hydrogens is 605 g/mol. The van der Waals surface area contributed by atoms with Crippen LogP contribution in [0.2, 0.25) is 0 Å². The Morgan fingerprint density at radius 2 is 1.73 bits per heavy atom. The van der Waals surface area contributed by atoms with Crippen molar-refractivity contribution in [2.75, 3.05) is 37.5 Å². The van der Waals surface area contributed by atoms with Crippen LogP contribution in [0.5, 0.6) is 0 Å². The van der Waals surface area contributed by atoms with Crippen molar-refractivity contribution in [1.29, 1.82) is 0 Å². The van der Waals surface area contributed by atoms with Crippen LogP contribution in [-0.4, -0.2) is 78.1 Å². The molecule has 3 aliphatic rings. The van der Waals surface area contributed by atoms with Crippen LogP contribution >= 0.6 is 11.8 Å². The van der Waals surface area contributed by atoms with Crippen LogP contribution in [0, 0.1) is 11.6 Å². The van der Waals surface area contributed by atoms with Gasteiger partial charge in [-0.25, -0.2) is 13.6 Å². The predicted octanol–water partition coefficient (Wildman–Crippen LogP) is 6.88. The maximum atomic E-state index is 15.1. The zero-order chi connectivity index (χ0) is 32.3. The molecule has 3 heterocycles. The third kappa shape index (κ3) is 6.02. The second-order valence-corrected chi connectivity index (χ2v) is 13.7. The molecule has 5 rings (SSSR count). The molecule has 0 aromatic heterocycles. The first-order valence-electron chi connectivity index (χ1n) is 14.4. The first-order valence-corrected chi connectivity index (χ1v) is 15.4. The molecule has 7 nitrogen and oxygen atoms in total. The maximum Gasteiger partial charge on any atom is 0.417 e. The van der Waals surface area contributed by atoms with Crippen LogP contribution < -0.4 is 4.90 Å². The smallest absolute Gasteiger partial charge is 0.417 e. The summed E-state index contributed by atoms with van der Waals surface area (Å²) in [5.74, 6) is -2.09. The summed E-state index contributed by atoms with van der Waals surface area (Å²) in [5.41, 5.74) is -1.96. The summed E-state index contributed by atoms with van der Waals surface area (Å²) in [7, 11) is 1.48. The summed E-state index contributed by atoms with van der Waals surface area (Å²) in [4.78, 5) is 32.1. The van der Waals surface area contributed by atoms with E-state index in [1.54, 1.807) is 25.7 Å². The van der Waals surface area contributed by atoms with Gasteiger partial charge in [-0.05, 0) is 58.4 Å². The molecule has 13 heteroatoms. The molecule has 44 heavy (non-hydrogen) atoms. The highest BCUT2D eigenvalue weighted by atomic mass is 32.2. The van der Waals surface area contributed by atoms with Crippen LogP contribution in [0.4, 0.5) is 32.4 Å². The average Bonchev–Trinajstić information content (AvgIpc) is 2.89. The summed E-state index contributed by atoms with van der Waals surface area (Å²) < 4.78 is 84.3. The number of methoxy groups -OCH3 is 1. The number of carbonyl (C=O) groups is 2. The van der Waals surface area contributed by atoms with Gasteiger partial charge in [0.25, 0.3) is 0 Å². The van der Waals surface area contributed by atoms with Gasteiger partial charge in [-0.3, -0.25) is 9.69 Å². The largest absolute Gasteiger partial charge is 0.444 e. The minimum Gasteiger partial charge on any atom is -0.444 e. The lowest BCUT2D eigenvalue weighted by molar-refractivity contribution is -0.137. The van der Waals surface area contributed by atoms with E-state index in [4.69, 9.17) is 9.47 Å². The molecule has 2 aromatic rings. The Morgan fingerprint density at radius 1 is 1.07 bits per heavy atom. The number of anilines is 1. The topological polar surface area (TPSA) is 62.3 Å². The third-order valence-corrected chi connectivity index (χ3v) is 9.40. The molecule has 2 aromatic carbocycles. The number of thioether (sulfide) groups is 1. The molecular formula is C31H36F5N3O4S. The fourth-order valence-electron chi connectivity index (χ4n) is 6.57. The van der Waals surface area contributed by atoms with Gasteiger partial charge in [-0.15, -0.1) is 11.8 Å². The number of nitrogens with zero attached hydrogens (tertiary/aromatic N) is 3. The minimum atomic E-state index is -4.88. The van der Waals surface area contributed by atoms with Gasteiger partial charge < -0.3 is 19.3 Å². The number of carbonyl (C=O) groups excluding carboxylic acids is 2. The van der Waals surface area contributed by atoms with Crippen molar-refractivity contribution in [3.8, 4) is 11.1 Å². The van der Waals surface area contributed by atoms with E-state index in [2.05, 4.69) is 0 Å². The molecule has 0 bridgehead atoms. The number of alkyl halides is 3. The Bertz CT molecular complexity index is 1450. The van der Waals surface area contributed by atoms with Crippen molar-refractivity contribution < 1.29 is 41.0 Å². The molecule has 1 saturated heterocycles. The van der Waals surface area contributed by atoms with Gasteiger partial charge in [0.05, 0.1) is 23.9 Å². The van der Waals surface area contributed by atoms with Gasteiger partial charge in [0.2, 0.25) is 5.91 Å². The molecule has 4 atom stereocenters. The van der Waals surface area contributed by atoms with Crippen LogP contribution in [0.25, 0.3) is 11.1 Å². The van der Waals surface area contributed by atoms with E-state index in [0.717, 1.165) is 30.0 Å². The molecule has 0 radical (unpaired) electrons. The quantitative estimate of drug-likeness (QED) is 0.340. The molecule has 2 amide bonds. The molecule has 0 N–H and O–H groups in total. The normalized spacial score (nSPS) is 24.4. The van der Waals surface area contributed by atoms with E-state index >= 15 is 4.39 Å². The Labute approximate surface area is 257 Å². The van der Waals surface area contributed by atoms with Gasteiger partial charge in [0.1, 0.15) is 17.2 Å². The number of halogens is 5. The van der Waals surface area contributed by atoms with E-state index in [1.807, 2.05) is 18.7 Å². The molecule has 3 aliphatic heterocycles. The summed E-state index contributed by atoms with van der Waals surface area (Å²) in [6.07, 6.45) is -5.44. The molecule has 0 aliphatic carbocycles. The van der Waals surface area contributed by atoms with Gasteiger partial charge in [-0.1, -0.05) is 0 Å². The van der Waals surface area contributed by atoms with Gasteiger partial charge in [0.15, 0.2) is 0 Å². The summed E-state index contributed by atoms with van der Waals surface area (Å²) in [6, 6.07) is 1.61. The van der Waals surface area contributed by atoms with Gasteiger partial charge in [0, 0.05) is 72.6 Å². The van der Waals surface area contributed by atoms with Gasteiger partial charge in [-0.2, -0.15) is 13.2 Å². The van der Waals surface area contributed by atoms with E-state index in [0.29, 0.717) is 30.4 Å². The molecule has 1 unspecified atom stereocenters. The highest BCUT2D eigenvalue weighted by Crippen LogP contribution is 2.55. The van der Waals surface area contributed by atoms with Crippen molar-refractivity contribution in [1.82, 2.24) is 9.80 Å². The number of rotatable bonds is 4. The number of hydrogen-bond donors (Lipinski definition) is 0. The van der Waals surface area contributed by atoms with Crippen LogP contribution in [0.3, 0.4) is 0 Å². The first kappa shape index (κ1) is 32.5. The van der Waals surface area contributed by atoms with E-state index in [1.165, 1.54) is 12.0 Å². The number of piperazine rings is 1. The van der Waals surface area contributed by atoms with Crippen molar-refractivity contribution in [3.63, 3.8) is 0 Å². The third-order valence-electron chi connectivity index (χ3n) is 8.16. The summed E-state index contributed by atoms with van der Waals surface area (Å²) >= 11 is 1.11. The zero-order valence-electron chi connectivity index (χ0n) is 25.4. The van der Waals surface area contributed by atoms with E-state index in [-0.39, 0.29) is 41.7 Å². The van der Waals surface area contributed by atoms with Gasteiger partial charge >= 0.3 is 12.3 Å². The fourth-order valence-corrected chi connectivity index (χ4v) is 7.89. The first-order chi connectivity index (χ1) is 20.5. The molecule has 1 fully saturated rings. The Morgan fingerprint density at radius 3 is 2.30 bits per heavy atom. The minimum absolute atomic E-state index is 0.0786. The Kier molecular flexibility index (Phi) is 8.71. The van der Waals surface area contributed by atoms with E-state index < -0.39 is 58.3 Å². The lowest BCUT2D eigenvalue weighted by Crippen LogP contribution is -2.61. The maximum absolute atomic E-state index is 15.1. The Hall–Kier alpha value is -2.90. The predicted molar refractivity (Wildman–Crippen MR) is 157 cm³/mol. The highest BCUT2D eigenvalue weighted by molar-refractivity contribution is 7.99. The number of amides is 2. The second-order valence-electron chi connectivity index (χ2n) is 12.6. The second kappa shape index (κ2) is 11.8. The SMILES string of the molecule is COC[C@H]1CSc2c(-c3ccc(F)cc3F)c(C(F)(F)F)cc3c2N1C(=O)CC3N1C[C@@H](C)N(C(=O)OC(C)(C)C)[C@@H](C)C1. The van der Waals surface area contributed by atoms with Crippen LogP contribution in [0.1, 0.15) is 58.2 Å².